The molecule has 0 radical (unpaired) electrons. The first-order valence-corrected chi connectivity index (χ1v) is 6.23. The minimum absolute atomic E-state index is 0.0106. The highest BCUT2D eigenvalue weighted by Crippen LogP contribution is 2.29. The largest absolute Gasteiger partial charge is 0.476 e. The van der Waals surface area contributed by atoms with Gasteiger partial charge in [-0.2, -0.15) is 13.2 Å². The van der Waals surface area contributed by atoms with Crippen LogP contribution in [0.15, 0.2) is 30.5 Å². The van der Waals surface area contributed by atoms with E-state index in [4.69, 9.17) is 10.8 Å². The topological polar surface area (TPSA) is 106 Å². The molecule has 0 unspecified atom stereocenters. The minimum Gasteiger partial charge on any atom is -0.476 e. The summed E-state index contributed by atoms with van der Waals surface area (Å²) in [6.07, 6.45) is -3.50. The first-order valence-electron chi connectivity index (χ1n) is 6.23. The van der Waals surface area contributed by atoms with Crippen molar-refractivity contribution in [3.8, 4) is 0 Å². The number of carbonyl (C=O) groups is 2. The molecule has 1 heterocycles. The van der Waals surface area contributed by atoms with E-state index in [0.29, 0.717) is 5.56 Å². The van der Waals surface area contributed by atoms with Crippen molar-refractivity contribution in [2.45, 2.75) is 12.6 Å². The third-order valence-corrected chi connectivity index (χ3v) is 2.95. The van der Waals surface area contributed by atoms with Crippen LogP contribution >= 0.6 is 0 Å². The molecule has 9 heteroatoms. The molecule has 0 saturated carbocycles. The molecule has 0 aliphatic heterocycles. The summed E-state index contributed by atoms with van der Waals surface area (Å²) in [5.41, 5.74) is 4.08. The van der Waals surface area contributed by atoms with Gasteiger partial charge in [-0.1, -0.05) is 12.1 Å². The van der Waals surface area contributed by atoms with Crippen molar-refractivity contribution in [2.24, 2.45) is 5.73 Å². The Bertz CT molecular complexity index is 758. The highest BCUT2D eigenvalue weighted by molar-refractivity contribution is 5.93. The SMILES string of the molecule is NC(=O)c1nc(C(=O)O)cnc1Cc1ccc(C(F)(F)F)cc1. The molecular weight excluding hydrogens is 315 g/mol. The van der Waals surface area contributed by atoms with Gasteiger partial charge in [-0.15, -0.1) is 0 Å². The van der Waals surface area contributed by atoms with E-state index in [9.17, 15) is 22.8 Å². The van der Waals surface area contributed by atoms with Crippen LogP contribution in [0.25, 0.3) is 0 Å². The number of carboxylic acids is 1. The van der Waals surface area contributed by atoms with Crippen molar-refractivity contribution in [1.29, 1.82) is 0 Å². The molecule has 6 nitrogen and oxygen atoms in total. The van der Waals surface area contributed by atoms with Crippen LogP contribution in [0.5, 0.6) is 0 Å². The molecule has 3 N–H and O–H groups in total. The predicted molar refractivity (Wildman–Crippen MR) is 71.8 cm³/mol. The number of primary amides is 1. The summed E-state index contributed by atoms with van der Waals surface area (Å²) in [7, 11) is 0. The number of amides is 1. The summed E-state index contributed by atoms with van der Waals surface area (Å²) in [6.45, 7) is 0. The Morgan fingerprint density at radius 1 is 1.17 bits per heavy atom. The number of carbonyl (C=O) groups excluding carboxylic acids is 1. The fraction of sp³-hybridized carbons (Fsp3) is 0.143. The molecule has 0 aliphatic carbocycles. The monoisotopic (exact) mass is 325 g/mol. The number of rotatable bonds is 4. The Kier molecular flexibility index (Phi) is 4.30. The van der Waals surface area contributed by atoms with Gasteiger partial charge in [-0.05, 0) is 17.7 Å². The standard InChI is InChI=1S/C14H10F3N3O3/c15-14(16,17)8-3-1-7(2-4-8)5-9-11(12(18)21)20-10(6-19-9)13(22)23/h1-4,6H,5H2,(H2,18,21)(H,22,23). The lowest BCUT2D eigenvalue weighted by Crippen LogP contribution is -2.19. The number of aromatic nitrogens is 2. The molecule has 0 atom stereocenters. The zero-order valence-electron chi connectivity index (χ0n) is 11.5. The lowest BCUT2D eigenvalue weighted by molar-refractivity contribution is -0.137. The highest BCUT2D eigenvalue weighted by Gasteiger charge is 2.30. The molecule has 1 aromatic heterocycles. The molecule has 23 heavy (non-hydrogen) atoms. The summed E-state index contributed by atoms with van der Waals surface area (Å²) in [5, 5.41) is 8.82. The Balaban J connectivity index is 2.32. The van der Waals surface area contributed by atoms with E-state index in [2.05, 4.69) is 9.97 Å². The molecular formula is C14H10F3N3O3. The molecule has 1 aromatic carbocycles. The van der Waals surface area contributed by atoms with Crippen molar-refractivity contribution in [3.63, 3.8) is 0 Å². The van der Waals surface area contributed by atoms with E-state index in [1.165, 1.54) is 12.1 Å². The molecule has 0 saturated heterocycles. The van der Waals surface area contributed by atoms with Crippen molar-refractivity contribution < 1.29 is 27.9 Å². The maximum atomic E-state index is 12.5. The Labute approximate surface area is 127 Å². The number of nitrogens with zero attached hydrogens (tertiary/aromatic N) is 2. The third kappa shape index (κ3) is 3.82. The Morgan fingerprint density at radius 3 is 2.26 bits per heavy atom. The van der Waals surface area contributed by atoms with E-state index < -0.39 is 29.3 Å². The molecule has 1 amide bonds. The van der Waals surface area contributed by atoms with Gasteiger partial charge in [0.2, 0.25) is 0 Å². The van der Waals surface area contributed by atoms with Crippen molar-refractivity contribution in [1.82, 2.24) is 9.97 Å². The molecule has 0 spiro atoms. The molecule has 0 aliphatic rings. The fourth-order valence-corrected chi connectivity index (χ4v) is 1.85. The normalized spacial score (nSPS) is 11.3. The third-order valence-electron chi connectivity index (χ3n) is 2.95. The summed E-state index contributed by atoms with van der Waals surface area (Å²) >= 11 is 0. The van der Waals surface area contributed by atoms with Crippen LogP contribution in [-0.4, -0.2) is 27.0 Å². The average Bonchev–Trinajstić information content (AvgIpc) is 2.46. The lowest BCUT2D eigenvalue weighted by atomic mass is 10.1. The van der Waals surface area contributed by atoms with E-state index >= 15 is 0 Å². The highest BCUT2D eigenvalue weighted by atomic mass is 19.4. The Hall–Kier alpha value is -2.97. The van der Waals surface area contributed by atoms with Crippen molar-refractivity contribution in [2.75, 3.05) is 0 Å². The van der Waals surface area contributed by atoms with Gasteiger partial charge in [0.05, 0.1) is 17.5 Å². The predicted octanol–water partition coefficient (Wildman–Crippen LogP) is 1.88. The van der Waals surface area contributed by atoms with Gasteiger partial charge in [0, 0.05) is 6.42 Å². The van der Waals surface area contributed by atoms with E-state index in [0.717, 1.165) is 18.3 Å². The lowest BCUT2D eigenvalue weighted by Gasteiger charge is -2.09. The first kappa shape index (κ1) is 16.4. The summed E-state index contributed by atoms with van der Waals surface area (Å²) < 4.78 is 37.5. The zero-order valence-corrected chi connectivity index (χ0v) is 11.5. The summed E-state index contributed by atoms with van der Waals surface area (Å²) in [5.74, 6) is -2.34. The number of halogens is 3. The minimum atomic E-state index is -4.44. The van der Waals surface area contributed by atoms with Gasteiger partial charge >= 0.3 is 12.1 Å². The number of nitrogens with two attached hydrogens (primary N) is 1. The molecule has 0 fully saturated rings. The average molecular weight is 325 g/mol. The van der Waals surface area contributed by atoms with Crippen LogP contribution in [0.2, 0.25) is 0 Å². The van der Waals surface area contributed by atoms with E-state index in [1.54, 1.807) is 0 Å². The van der Waals surface area contributed by atoms with Crippen LogP contribution in [0.4, 0.5) is 13.2 Å². The number of alkyl halides is 3. The van der Waals surface area contributed by atoms with Gasteiger partial charge < -0.3 is 10.8 Å². The number of hydrogen-bond acceptors (Lipinski definition) is 4. The van der Waals surface area contributed by atoms with Crippen LogP contribution in [0.3, 0.4) is 0 Å². The maximum Gasteiger partial charge on any atom is 0.416 e. The van der Waals surface area contributed by atoms with Crippen LogP contribution < -0.4 is 5.73 Å². The quantitative estimate of drug-likeness (QED) is 0.893. The molecule has 2 aromatic rings. The first-order chi connectivity index (χ1) is 10.7. The van der Waals surface area contributed by atoms with Crippen LogP contribution in [0, 0.1) is 0 Å². The van der Waals surface area contributed by atoms with Crippen LogP contribution in [0.1, 0.15) is 37.8 Å². The van der Waals surface area contributed by atoms with Gasteiger partial charge in [-0.3, -0.25) is 9.78 Å². The number of hydrogen-bond donors (Lipinski definition) is 2. The van der Waals surface area contributed by atoms with Gasteiger partial charge in [0.15, 0.2) is 11.4 Å². The number of carboxylic acid groups (broad SMARTS) is 1. The van der Waals surface area contributed by atoms with E-state index in [1.807, 2.05) is 0 Å². The van der Waals surface area contributed by atoms with Gasteiger partial charge in [0.25, 0.3) is 5.91 Å². The molecule has 0 bridgehead atoms. The van der Waals surface area contributed by atoms with E-state index in [-0.39, 0.29) is 17.8 Å². The summed E-state index contributed by atoms with van der Waals surface area (Å²) in [6, 6.07) is 4.28. The number of benzene rings is 1. The second-order valence-corrected chi connectivity index (χ2v) is 4.59. The summed E-state index contributed by atoms with van der Waals surface area (Å²) in [4.78, 5) is 29.6. The van der Waals surface area contributed by atoms with Crippen molar-refractivity contribution >= 4 is 11.9 Å². The second-order valence-electron chi connectivity index (χ2n) is 4.59. The number of aromatic carboxylic acids is 1. The zero-order chi connectivity index (χ0) is 17.2. The van der Waals surface area contributed by atoms with Crippen LogP contribution in [-0.2, 0) is 12.6 Å². The fourth-order valence-electron chi connectivity index (χ4n) is 1.85. The maximum absolute atomic E-state index is 12.5. The molecule has 2 rings (SSSR count). The second kappa shape index (κ2) is 6.03. The van der Waals surface area contributed by atoms with Gasteiger partial charge in [-0.25, -0.2) is 9.78 Å². The Morgan fingerprint density at radius 2 is 1.78 bits per heavy atom. The van der Waals surface area contributed by atoms with Gasteiger partial charge in [0.1, 0.15) is 0 Å². The van der Waals surface area contributed by atoms with Crippen molar-refractivity contribution in [3.05, 3.63) is 58.7 Å². The molecule has 120 valence electrons. The smallest absolute Gasteiger partial charge is 0.416 e.